The molecule has 0 unspecified atom stereocenters. The number of halogens is 1. The third kappa shape index (κ3) is 1.80. The normalized spacial score (nSPS) is 11.1. The molecule has 1 N–H and O–H groups in total. The summed E-state index contributed by atoms with van der Waals surface area (Å²) in [5.74, 6) is -1.31. The summed E-state index contributed by atoms with van der Waals surface area (Å²) in [6.45, 7) is 1.65. The van der Waals surface area contributed by atoms with Gasteiger partial charge in [0.05, 0.1) is 5.69 Å². The van der Waals surface area contributed by atoms with Gasteiger partial charge in [0, 0.05) is 18.0 Å². The number of nitrogens with zero attached hydrogens (tertiary/aromatic N) is 2. The minimum absolute atomic E-state index is 0.203. The molecule has 0 aliphatic carbocycles. The van der Waals surface area contributed by atoms with Crippen LogP contribution in [-0.2, 0) is 0 Å². The number of benzene rings is 1. The summed E-state index contributed by atoms with van der Waals surface area (Å²) in [5.41, 5.74) is 1.68. The fraction of sp³-hybridized carbons (Fsp3) is 0.0769. The molecular formula is C13H9FN2O2S. The number of fused-ring (bicyclic) bond motifs is 1. The topological polar surface area (TPSA) is 54.6 Å². The lowest BCUT2D eigenvalue weighted by Crippen LogP contribution is -1.98. The van der Waals surface area contributed by atoms with E-state index in [1.807, 2.05) is 0 Å². The standard InChI is InChI=1S/C13H9FN2O2S/c1-7-6-8(2-3-9(7)14)10-11(12(17)18)19-13-15-4-5-16(10)13/h2-6H,1H3,(H,17,18). The van der Waals surface area contributed by atoms with Gasteiger partial charge in [-0.3, -0.25) is 4.40 Å². The zero-order valence-corrected chi connectivity index (χ0v) is 10.7. The fourth-order valence-corrected chi connectivity index (χ4v) is 2.94. The van der Waals surface area contributed by atoms with Gasteiger partial charge in [0.2, 0.25) is 0 Å². The zero-order valence-electron chi connectivity index (χ0n) is 9.92. The Kier molecular flexibility index (Phi) is 2.60. The van der Waals surface area contributed by atoms with E-state index in [0.29, 0.717) is 21.8 Å². The first-order chi connectivity index (χ1) is 9.08. The number of aromatic carboxylic acids is 1. The Bertz CT molecular complexity index is 791. The number of rotatable bonds is 2. The molecule has 0 saturated heterocycles. The van der Waals surface area contributed by atoms with E-state index in [4.69, 9.17) is 0 Å². The Morgan fingerprint density at radius 3 is 2.95 bits per heavy atom. The lowest BCUT2D eigenvalue weighted by atomic mass is 10.1. The van der Waals surface area contributed by atoms with Crippen molar-refractivity contribution in [2.75, 3.05) is 0 Å². The molecule has 96 valence electrons. The first-order valence-electron chi connectivity index (χ1n) is 5.53. The average Bonchev–Trinajstić information content (AvgIpc) is 2.92. The molecule has 3 aromatic rings. The number of carboxylic acid groups (broad SMARTS) is 1. The molecule has 19 heavy (non-hydrogen) atoms. The van der Waals surface area contributed by atoms with Crippen LogP contribution in [0.2, 0.25) is 0 Å². The molecule has 6 heteroatoms. The number of hydrogen-bond donors (Lipinski definition) is 1. The van der Waals surface area contributed by atoms with Crippen LogP contribution < -0.4 is 0 Å². The summed E-state index contributed by atoms with van der Waals surface area (Å²) < 4.78 is 15.0. The minimum atomic E-state index is -1.01. The van der Waals surface area contributed by atoms with E-state index in [1.54, 1.807) is 35.9 Å². The van der Waals surface area contributed by atoms with Gasteiger partial charge in [-0.05, 0) is 30.7 Å². The number of aromatic nitrogens is 2. The third-order valence-electron chi connectivity index (χ3n) is 2.88. The highest BCUT2D eigenvalue weighted by Crippen LogP contribution is 2.32. The van der Waals surface area contributed by atoms with Crippen molar-refractivity contribution in [3.8, 4) is 11.3 Å². The molecule has 2 aromatic heterocycles. The molecule has 1 aromatic carbocycles. The van der Waals surface area contributed by atoms with Crippen LogP contribution in [0.1, 0.15) is 15.2 Å². The Morgan fingerprint density at radius 2 is 2.26 bits per heavy atom. The van der Waals surface area contributed by atoms with Crippen molar-refractivity contribution in [2.24, 2.45) is 0 Å². The number of carbonyl (C=O) groups is 1. The van der Waals surface area contributed by atoms with Crippen molar-refractivity contribution in [1.29, 1.82) is 0 Å². The zero-order chi connectivity index (χ0) is 13.6. The summed E-state index contributed by atoms with van der Waals surface area (Å²) in [4.78, 5) is 16.2. The number of carboxylic acids is 1. The maximum absolute atomic E-state index is 13.3. The highest BCUT2D eigenvalue weighted by molar-refractivity contribution is 7.19. The van der Waals surface area contributed by atoms with Crippen molar-refractivity contribution >= 4 is 22.3 Å². The molecule has 0 atom stereocenters. The molecule has 0 saturated carbocycles. The maximum atomic E-state index is 13.3. The van der Waals surface area contributed by atoms with Crippen molar-refractivity contribution in [2.45, 2.75) is 6.92 Å². The second-order valence-corrected chi connectivity index (χ2v) is 5.11. The predicted octanol–water partition coefficient (Wildman–Crippen LogP) is 3.21. The molecule has 0 fully saturated rings. The molecule has 4 nitrogen and oxygen atoms in total. The highest BCUT2D eigenvalue weighted by Gasteiger charge is 2.20. The lowest BCUT2D eigenvalue weighted by molar-refractivity contribution is 0.0702. The van der Waals surface area contributed by atoms with E-state index >= 15 is 0 Å². The van der Waals surface area contributed by atoms with Crippen LogP contribution in [0.15, 0.2) is 30.6 Å². The molecule has 3 rings (SSSR count). The van der Waals surface area contributed by atoms with E-state index in [0.717, 1.165) is 11.3 Å². The van der Waals surface area contributed by atoms with Crippen molar-refractivity contribution in [3.63, 3.8) is 0 Å². The maximum Gasteiger partial charge on any atom is 0.348 e. The molecular weight excluding hydrogens is 267 g/mol. The molecule has 2 heterocycles. The van der Waals surface area contributed by atoms with Gasteiger partial charge in [0.25, 0.3) is 0 Å². The second-order valence-electron chi connectivity index (χ2n) is 4.13. The van der Waals surface area contributed by atoms with Gasteiger partial charge in [-0.15, -0.1) is 0 Å². The van der Waals surface area contributed by atoms with Crippen LogP contribution in [-0.4, -0.2) is 20.5 Å². The largest absolute Gasteiger partial charge is 0.477 e. The van der Waals surface area contributed by atoms with Gasteiger partial charge in [0.1, 0.15) is 10.7 Å². The summed E-state index contributed by atoms with van der Waals surface area (Å²) in [7, 11) is 0. The van der Waals surface area contributed by atoms with Crippen molar-refractivity contribution in [1.82, 2.24) is 9.38 Å². The first-order valence-corrected chi connectivity index (χ1v) is 6.35. The Labute approximate surface area is 111 Å². The minimum Gasteiger partial charge on any atom is -0.477 e. The number of imidazole rings is 1. The van der Waals surface area contributed by atoms with Crippen LogP contribution in [0.4, 0.5) is 4.39 Å². The SMILES string of the molecule is Cc1cc(-c2c(C(=O)O)sc3nccn23)ccc1F. The smallest absolute Gasteiger partial charge is 0.348 e. The van der Waals surface area contributed by atoms with E-state index in [1.165, 1.54) is 6.07 Å². The summed E-state index contributed by atoms with van der Waals surface area (Å²) in [6.07, 6.45) is 3.31. The molecule has 0 radical (unpaired) electrons. The van der Waals surface area contributed by atoms with E-state index in [-0.39, 0.29) is 10.7 Å². The van der Waals surface area contributed by atoms with Crippen molar-refractivity contribution < 1.29 is 14.3 Å². The summed E-state index contributed by atoms with van der Waals surface area (Å²) in [6, 6.07) is 4.57. The highest BCUT2D eigenvalue weighted by atomic mass is 32.1. The van der Waals surface area contributed by atoms with Gasteiger partial charge in [-0.1, -0.05) is 11.3 Å². The van der Waals surface area contributed by atoms with Gasteiger partial charge < -0.3 is 5.11 Å². The lowest BCUT2D eigenvalue weighted by Gasteiger charge is -2.04. The van der Waals surface area contributed by atoms with Gasteiger partial charge >= 0.3 is 5.97 Å². The van der Waals surface area contributed by atoms with E-state index < -0.39 is 5.97 Å². The monoisotopic (exact) mass is 276 g/mol. The Morgan fingerprint density at radius 1 is 1.47 bits per heavy atom. The quantitative estimate of drug-likeness (QED) is 0.782. The first kappa shape index (κ1) is 11.9. The van der Waals surface area contributed by atoms with Crippen LogP contribution in [0.3, 0.4) is 0 Å². The third-order valence-corrected chi connectivity index (χ3v) is 3.94. The number of hydrogen-bond acceptors (Lipinski definition) is 3. The fourth-order valence-electron chi connectivity index (χ4n) is 1.99. The molecule has 0 spiro atoms. The number of thiazole rings is 1. The van der Waals surface area contributed by atoms with Gasteiger partial charge in [0.15, 0.2) is 4.96 Å². The van der Waals surface area contributed by atoms with Gasteiger partial charge in [-0.25, -0.2) is 14.2 Å². The van der Waals surface area contributed by atoms with E-state index in [9.17, 15) is 14.3 Å². The predicted molar refractivity (Wildman–Crippen MR) is 70.2 cm³/mol. The summed E-state index contributed by atoms with van der Waals surface area (Å²) in [5, 5.41) is 9.27. The number of aryl methyl sites for hydroxylation is 1. The van der Waals surface area contributed by atoms with E-state index in [2.05, 4.69) is 4.98 Å². The van der Waals surface area contributed by atoms with Crippen molar-refractivity contribution in [3.05, 3.63) is 46.9 Å². The molecule has 0 amide bonds. The summed E-state index contributed by atoms with van der Waals surface area (Å²) >= 11 is 1.10. The molecule has 0 aliphatic rings. The molecule has 0 bridgehead atoms. The van der Waals surface area contributed by atoms with Crippen LogP contribution in [0, 0.1) is 12.7 Å². The van der Waals surface area contributed by atoms with Gasteiger partial charge in [-0.2, -0.15) is 0 Å². The van der Waals surface area contributed by atoms with Crippen LogP contribution in [0.5, 0.6) is 0 Å². The average molecular weight is 276 g/mol. The van der Waals surface area contributed by atoms with Crippen LogP contribution in [0.25, 0.3) is 16.2 Å². The van der Waals surface area contributed by atoms with Crippen LogP contribution >= 0.6 is 11.3 Å². The Hall–Kier alpha value is -2.21. The Balaban J connectivity index is 2.32. The second kappa shape index (κ2) is 4.17. The molecule has 0 aliphatic heterocycles.